The smallest absolute Gasteiger partial charge is 0.769 e. The third kappa shape index (κ3) is 51.0. The molecule has 0 saturated carbocycles. The van der Waals surface area contributed by atoms with E-state index >= 15 is 0 Å². The molecule has 0 spiro atoms. The maximum Gasteiger partial charge on any atom is 2.00 e. The van der Waals surface area contributed by atoms with Crippen LogP contribution in [-0.4, -0.2) is 48.9 Å². The first-order valence-corrected chi connectivity index (χ1v) is 1.39. The summed E-state index contributed by atoms with van der Waals surface area (Å²) in [4.78, 5) is 0. The SMILES string of the molecule is [Ba+2].[K+].[O-]Cl.[O-]Cl.[O-]Cl. The summed E-state index contributed by atoms with van der Waals surface area (Å²) >= 11 is 10.2. The second-order valence-electron chi connectivity index (χ2n) is 0. The Morgan fingerprint density at radius 2 is 0.625 bits per heavy atom. The van der Waals surface area contributed by atoms with Gasteiger partial charge in [-0.05, 0) is 0 Å². The molecule has 0 aliphatic heterocycles. The molecule has 0 aromatic heterocycles. The molecule has 3 nitrogen and oxygen atoms in total. The first kappa shape index (κ1) is 29.7. The van der Waals surface area contributed by atoms with Crippen molar-refractivity contribution in [2.24, 2.45) is 0 Å². The van der Waals surface area contributed by atoms with Crippen LogP contribution in [0.4, 0.5) is 0 Å². The first-order chi connectivity index (χ1) is 3.00. The van der Waals surface area contributed by atoms with Gasteiger partial charge < -0.3 is 14.0 Å². The number of hydrogen-bond acceptors (Lipinski definition) is 3. The molecule has 0 amide bonds. The predicted molar refractivity (Wildman–Crippen MR) is 23.3 cm³/mol. The van der Waals surface area contributed by atoms with Gasteiger partial charge in [0.1, 0.15) is 0 Å². The normalized spacial score (nSPS) is 2.25. The van der Waals surface area contributed by atoms with E-state index in [1.165, 1.54) is 0 Å². The van der Waals surface area contributed by atoms with Crippen LogP contribution < -0.4 is 65.4 Å². The van der Waals surface area contributed by atoms with Crippen LogP contribution in [0.25, 0.3) is 0 Å². The van der Waals surface area contributed by atoms with E-state index in [1.807, 2.05) is 0 Å². The third-order valence-corrected chi connectivity index (χ3v) is 0. The molecule has 0 atom stereocenters. The molecule has 0 bridgehead atoms. The van der Waals surface area contributed by atoms with Gasteiger partial charge in [0.15, 0.2) is 0 Å². The van der Waals surface area contributed by atoms with Crippen LogP contribution >= 0.6 is 35.6 Å². The van der Waals surface area contributed by atoms with Crippen LogP contribution in [0.15, 0.2) is 0 Å². The Hall–Kier alpha value is 3.96. The average Bonchev–Trinajstić information content (AvgIpc) is 1.81. The molecule has 0 aliphatic rings. The number of hydrogen-bond donors (Lipinski definition) is 0. The fourth-order valence-electron chi connectivity index (χ4n) is 0. The van der Waals surface area contributed by atoms with Crippen molar-refractivity contribution in [3.63, 3.8) is 0 Å². The maximum absolute atomic E-state index is 7.72. The van der Waals surface area contributed by atoms with Gasteiger partial charge in [0.25, 0.3) is 0 Å². The van der Waals surface area contributed by atoms with E-state index < -0.39 is 0 Å². The van der Waals surface area contributed by atoms with Crippen LogP contribution in [-0.2, 0) is 0 Å². The third-order valence-electron chi connectivity index (χ3n) is 0. The summed E-state index contributed by atoms with van der Waals surface area (Å²) in [5, 5.41) is 0. The molecule has 42 valence electrons. The van der Waals surface area contributed by atoms with E-state index in [4.69, 9.17) is 14.0 Å². The molecule has 0 heterocycles. The van der Waals surface area contributed by atoms with Gasteiger partial charge in [0.2, 0.25) is 0 Å². The Labute approximate surface area is 146 Å². The fourth-order valence-corrected chi connectivity index (χ4v) is 0. The van der Waals surface area contributed by atoms with E-state index in [2.05, 4.69) is 35.6 Å². The summed E-state index contributed by atoms with van der Waals surface area (Å²) in [6.45, 7) is 0. The zero-order valence-electron chi connectivity index (χ0n) is 4.07. The molecule has 0 fully saturated rings. The van der Waals surface area contributed by atoms with Crippen molar-refractivity contribution in [2.75, 3.05) is 0 Å². The molecule has 0 rings (SSSR count). The van der Waals surface area contributed by atoms with Gasteiger partial charge in [-0.2, -0.15) is 0 Å². The zero-order chi connectivity index (χ0) is 6.00. The number of halogens is 3. The van der Waals surface area contributed by atoms with Crippen molar-refractivity contribution < 1.29 is 65.4 Å². The molecular formula is BaCl3KO3. The summed E-state index contributed by atoms with van der Waals surface area (Å²) in [5.74, 6) is 0. The van der Waals surface area contributed by atoms with Crippen molar-refractivity contribution in [3.8, 4) is 0 Å². The summed E-state index contributed by atoms with van der Waals surface area (Å²) < 4.78 is 23.2. The largest absolute Gasteiger partial charge is 2.00 e. The average molecular weight is 331 g/mol. The quantitative estimate of drug-likeness (QED) is 0.418. The number of rotatable bonds is 0. The Morgan fingerprint density at radius 1 is 0.625 bits per heavy atom. The summed E-state index contributed by atoms with van der Waals surface area (Å²) in [7, 11) is 0. The van der Waals surface area contributed by atoms with Crippen LogP contribution in [0.1, 0.15) is 0 Å². The second-order valence-corrected chi connectivity index (χ2v) is 0. The molecule has 0 unspecified atom stereocenters. The Morgan fingerprint density at radius 3 is 0.625 bits per heavy atom. The van der Waals surface area contributed by atoms with Gasteiger partial charge in [-0.3, -0.25) is 0 Å². The van der Waals surface area contributed by atoms with Crippen LogP contribution in [0.5, 0.6) is 0 Å². The summed E-state index contributed by atoms with van der Waals surface area (Å²) in [6.07, 6.45) is 0. The van der Waals surface area contributed by atoms with Crippen LogP contribution in [0.2, 0.25) is 0 Å². The minimum atomic E-state index is 0. The first-order valence-electron chi connectivity index (χ1n) is 0.463. The molecule has 0 saturated heterocycles. The maximum atomic E-state index is 7.72. The molecule has 0 N–H and O–H groups in total. The summed E-state index contributed by atoms with van der Waals surface area (Å²) in [6, 6.07) is 0. The summed E-state index contributed by atoms with van der Waals surface area (Å²) in [5.41, 5.74) is 0. The van der Waals surface area contributed by atoms with Gasteiger partial charge in [-0.15, -0.1) is 0 Å². The van der Waals surface area contributed by atoms with E-state index in [-0.39, 0.29) is 100 Å². The zero-order valence-corrected chi connectivity index (χ0v) is 13.9. The standard InChI is InChI=1S/Ba.3ClO.K/c;3*1-2;/q+2;3*-1;+1. The molecule has 0 aromatic rings. The van der Waals surface area contributed by atoms with Crippen molar-refractivity contribution in [3.05, 3.63) is 0 Å². The molecule has 0 aliphatic carbocycles. The monoisotopic (exact) mass is 330 g/mol. The van der Waals surface area contributed by atoms with Gasteiger partial charge >= 0.3 is 100 Å². The Bertz CT molecular complexity index is 14.5. The molecular weight excluding hydrogens is 331 g/mol. The second kappa shape index (κ2) is 69.4. The van der Waals surface area contributed by atoms with Crippen LogP contribution in [0.3, 0.4) is 0 Å². The van der Waals surface area contributed by atoms with Gasteiger partial charge in [-0.25, -0.2) is 35.6 Å². The van der Waals surface area contributed by atoms with E-state index in [0.717, 1.165) is 0 Å². The van der Waals surface area contributed by atoms with Gasteiger partial charge in [-0.1, -0.05) is 0 Å². The van der Waals surface area contributed by atoms with E-state index in [9.17, 15) is 0 Å². The molecule has 0 radical (unpaired) electrons. The minimum absolute atomic E-state index is 0. The Balaban J connectivity index is -0.00000000500. The van der Waals surface area contributed by atoms with Crippen molar-refractivity contribution >= 4 is 84.5 Å². The van der Waals surface area contributed by atoms with E-state index in [1.54, 1.807) is 0 Å². The van der Waals surface area contributed by atoms with Gasteiger partial charge in [0, 0.05) is 0 Å². The topological polar surface area (TPSA) is 69.2 Å². The minimum Gasteiger partial charge on any atom is -0.769 e. The van der Waals surface area contributed by atoms with Crippen molar-refractivity contribution in [1.29, 1.82) is 0 Å². The van der Waals surface area contributed by atoms with Crippen LogP contribution in [0, 0.1) is 0 Å². The predicted octanol–water partition coefficient (Wildman–Crippen LogP) is -4.88. The molecule has 0 aromatic carbocycles. The fraction of sp³-hybridized carbons (Fsp3) is 0. The van der Waals surface area contributed by atoms with Crippen molar-refractivity contribution in [2.45, 2.75) is 0 Å². The van der Waals surface area contributed by atoms with Crippen molar-refractivity contribution in [1.82, 2.24) is 0 Å². The Kier molecular flexibility index (Phi) is 257. The van der Waals surface area contributed by atoms with Gasteiger partial charge in [0.05, 0.1) is 0 Å². The molecule has 8 heteroatoms. The molecule has 8 heavy (non-hydrogen) atoms. The van der Waals surface area contributed by atoms with E-state index in [0.29, 0.717) is 0 Å².